The van der Waals surface area contributed by atoms with Gasteiger partial charge in [-0.05, 0) is 0 Å². The number of halogens is 2. The van der Waals surface area contributed by atoms with E-state index in [-0.39, 0.29) is 34.0 Å². The molecule has 0 saturated heterocycles. The second-order valence-electron chi connectivity index (χ2n) is 3.40. The van der Waals surface area contributed by atoms with Crippen LogP contribution in [-0.4, -0.2) is 39.7 Å². The molecule has 102 valence electrons. The highest BCUT2D eigenvalue weighted by atomic mass is 35.5. The predicted octanol–water partition coefficient (Wildman–Crippen LogP) is 1.32. The maximum Gasteiger partial charge on any atom is 0.194 e. The number of nitrogens with one attached hydrogen (secondary N) is 1. The highest BCUT2D eigenvalue weighted by molar-refractivity contribution is 7.91. The molecule has 0 aliphatic carbocycles. The molecule has 1 aromatic carbocycles. The number of aliphatic hydroxyl groups is 1. The van der Waals surface area contributed by atoms with Crippen molar-refractivity contribution in [3.05, 3.63) is 22.2 Å². The first-order valence-electron chi connectivity index (χ1n) is 4.99. The zero-order valence-corrected chi connectivity index (χ0v) is 11.9. The van der Waals surface area contributed by atoms with E-state index in [1.807, 2.05) is 0 Å². The average Bonchev–Trinajstić information content (AvgIpc) is 2.27. The summed E-state index contributed by atoms with van der Waals surface area (Å²) in [5.74, 6) is 0.0338. The Hall–Kier alpha value is -0.530. The minimum absolute atomic E-state index is 0.00477. The fourth-order valence-electron chi connectivity index (χ4n) is 1.31. The number of hydrogen-bond acceptors (Lipinski definition) is 5. The molecule has 0 heterocycles. The zero-order chi connectivity index (χ0) is 13.8. The molecule has 0 aromatic heterocycles. The van der Waals surface area contributed by atoms with Crippen LogP contribution >= 0.6 is 23.2 Å². The van der Waals surface area contributed by atoms with E-state index in [0.29, 0.717) is 5.75 Å². The lowest BCUT2D eigenvalue weighted by Crippen LogP contribution is -2.26. The molecule has 18 heavy (non-hydrogen) atoms. The molecule has 0 aliphatic heterocycles. The van der Waals surface area contributed by atoms with E-state index in [1.165, 1.54) is 19.2 Å². The number of hydrogen-bond donors (Lipinski definition) is 2. The fraction of sp³-hybridized carbons (Fsp3) is 0.400. The van der Waals surface area contributed by atoms with Crippen LogP contribution in [0.2, 0.25) is 10.0 Å². The van der Waals surface area contributed by atoms with Gasteiger partial charge in [0, 0.05) is 18.7 Å². The molecule has 0 saturated carbocycles. The van der Waals surface area contributed by atoms with Gasteiger partial charge in [-0.3, -0.25) is 0 Å². The third-order valence-electron chi connectivity index (χ3n) is 2.10. The first-order valence-corrected chi connectivity index (χ1v) is 7.40. The van der Waals surface area contributed by atoms with Crippen molar-refractivity contribution in [2.24, 2.45) is 0 Å². The Morgan fingerprint density at radius 2 is 1.89 bits per heavy atom. The molecule has 1 aromatic rings. The molecule has 0 unspecified atom stereocenters. The highest BCUT2D eigenvalue weighted by Gasteiger charge is 2.22. The summed E-state index contributed by atoms with van der Waals surface area (Å²) in [4.78, 5) is -0.142. The van der Waals surface area contributed by atoms with Gasteiger partial charge in [-0.25, -0.2) is 8.42 Å². The van der Waals surface area contributed by atoms with Crippen LogP contribution in [-0.2, 0) is 9.84 Å². The van der Waals surface area contributed by atoms with Crippen LogP contribution in [0.15, 0.2) is 17.0 Å². The molecular weight excluding hydrogens is 301 g/mol. The summed E-state index contributed by atoms with van der Waals surface area (Å²) >= 11 is 11.8. The molecule has 1 rings (SSSR count). The van der Waals surface area contributed by atoms with Gasteiger partial charge in [0.05, 0.1) is 23.8 Å². The van der Waals surface area contributed by atoms with Gasteiger partial charge in [-0.1, -0.05) is 23.2 Å². The van der Waals surface area contributed by atoms with Crippen molar-refractivity contribution in [3.8, 4) is 5.75 Å². The second kappa shape index (κ2) is 6.58. The van der Waals surface area contributed by atoms with E-state index in [2.05, 4.69) is 5.32 Å². The lowest BCUT2D eigenvalue weighted by molar-refractivity contribution is 0.295. The number of rotatable bonds is 6. The number of aliphatic hydroxyl groups excluding tert-OH is 1. The van der Waals surface area contributed by atoms with E-state index < -0.39 is 9.84 Å². The Kier molecular flexibility index (Phi) is 5.68. The molecule has 8 heteroatoms. The Bertz CT molecular complexity index is 496. The summed E-state index contributed by atoms with van der Waals surface area (Å²) in [5.41, 5.74) is 0. The quantitative estimate of drug-likeness (QED) is 0.775. The summed E-state index contributed by atoms with van der Waals surface area (Å²) in [5, 5.41) is 11.2. The summed E-state index contributed by atoms with van der Waals surface area (Å²) in [7, 11) is -2.23. The predicted molar refractivity (Wildman–Crippen MR) is 70.2 cm³/mol. The van der Waals surface area contributed by atoms with E-state index in [1.54, 1.807) is 0 Å². The van der Waals surface area contributed by atoms with Crippen molar-refractivity contribution in [2.75, 3.05) is 26.1 Å². The fourth-order valence-corrected chi connectivity index (χ4v) is 3.75. The van der Waals surface area contributed by atoms with Gasteiger partial charge in [0.15, 0.2) is 9.84 Å². The zero-order valence-electron chi connectivity index (χ0n) is 9.61. The van der Waals surface area contributed by atoms with Crippen molar-refractivity contribution in [2.45, 2.75) is 4.90 Å². The number of benzene rings is 1. The van der Waals surface area contributed by atoms with Crippen LogP contribution in [0.5, 0.6) is 5.75 Å². The van der Waals surface area contributed by atoms with Gasteiger partial charge in [-0.15, -0.1) is 0 Å². The normalized spacial score (nSPS) is 11.6. The Morgan fingerprint density at radius 1 is 1.33 bits per heavy atom. The van der Waals surface area contributed by atoms with E-state index in [4.69, 9.17) is 33.0 Å². The third-order valence-corrected chi connectivity index (χ3v) is 4.57. The Morgan fingerprint density at radius 3 is 2.33 bits per heavy atom. The Balaban J connectivity index is 3.09. The summed E-state index contributed by atoms with van der Waals surface area (Å²) in [6.07, 6.45) is 0. The van der Waals surface area contributed by atoms with Gasteiger partial charge in [0.25, 0.3) is 0 Å². The smallest absolute Gasteiger partial charge is 0.194 e. The minimum Gasteiger partial charge on any atom is -0.497 e. The van der Waals surface area contributed by atoms with Crippen LogP contribution < -0.4 is 10.1 Å². The van der Waals surface area contributed by atoms with Crippen LogP contribution in [0.4, 0.5) is 0 Å². The second-order valence-corrected chi connectivity index (χ2v) is 6.14. The molecule has 0 aliphatic rings. The minimum atomic E-state index is -3.66. The van der Waals surface area contributed by atoms with Gasteiger partial charge in [0.1, 0.15) is 16.5 Å². The van der Waals surface area contributed by atoms with Crippen molar-refractivity contribution in [1.82, 2.24) is 5.32 Å². The molecular formula is C10H13Cl2NO4S. The number of ether oxygens (including phenoxy) is 1. The first kappa shape index (κ1) is 15.5. The van der Waals surface area contributed by atoms with Crippen LogP contribution in [0.1, 0.15) is 0 Å². The van der Waals surface area contributed by atoms with Crippen molar-refractivity contribution < 1.29 is 18.3 Å². The third kappa shape index (κ3) is 3.73. The maximum absolute atomic E-state index is 12.0. The molecule has 0 amide bonds. The SMILES string of the molecule is COc1cc(Cl)c(S(=O)(=O)CNCCO)c(Cl)c1. The van der Waals surface area contributed by atoms with Crippen LogP contribution in [0, 0.1) is 0 Å². The van der Waals surface area contributed by atoms with E-state index >= 15 is 0 Å². The summed E-state index contributed by atoms with van der Waals surface area (Å²) in [6.45, 7) is 0.0181. The molecule has 5 nitrogen and oxygen atoms in total. The number of methoxy groups -OCH3 is 1. The van der Waals surface area contributed by atoms with Crippen molar-refractivity contribution >= 4 is 33.0 Å². The van der Waals surface area contributed by atoms with Crippen LogP contribution in [0.3, 0.4) is 0 Å². The molecule has 0 atom stereocenters. The molecule has 0 bridgehead atoms. The lowest BCUT2D eigenvalue weighted by atomic mass is 10.3. The first-order chi connectivity index (χ1) is 8.42. The summed E-state index contributed by atoms with van der Waals surface area (Å²) in [6, 6.07) is 2.76. The maximum atomic E-state index is 12.0. The van der Waals surface area contributed by atoms with Crippen LogP contribution in [0.25, 0.3) is 0 Å². The topological polar surface area (TPSA) is 75.6 Å². The van der Waals surface area contributed by atoms with Gasteiger partial charge < -0.3 is 15.2 Å². The largest absolute Gasteiger partial charge is 0.497 e. The standard InChI is InChI=1S/C10H13Cl2NO4S/c1-17-7-4-8(11)10(9(12)5-7)18(15,16)6-13-2-3-14/h4-5,13-14H,2-3,6H2,1H3. The molecule has 0 spiro atoms. The summed E-state index contributed by atoms with van der Waals surface area (Å²) < 4.78 is 28.9. The van der Waals surface area contributed by atoms with Gasteiger partial charge in [0.2, 0.25) is 0 Å². The number of sulfone groups is 1. The van der Waals surface area contributed by atoms with Crippen molar-refractivity contribution in [1.29, 1.82) is 0 Å². The molecule has 0 fully saturated rings. The highest BCUT2D eigenvalue weighted by Crippen LogP contribution is 2.34. The van der Waals surface area contributed by atoms with Crippen molar-refractivity contribution in [3.63, 3.8) is 0 Å². The molecule has 2 N–H and O–H groups in total. The van der Waals surface area contributed by atoms with Gasteiger partial charge >= 0.3 is 0 Å². The molecule has 0 radical (unpaired) electrons. The lowest BCUT2D eigenvalue weighted by Gasteiger charge is -2.10. The Labute approximate surface area is 116 Å². The van der Waals surface area contributed by atoms with E-state index in [9.17, 15) is 8.42 Å². The van der Waals surface area contributed by atoms with E-state index in [0.717, 1.165) is 0 Å². The average molecular weight is 314 g/mol. The van der Waals surface area contributed by atoms with Gasteiger partial charge in [-0.2, -0.15) is 0 Å². The monoisotopic (exact) mass is 313 g/mol.